The van der Waals surface area contributed by atoms with E-state index in [1.54, 1.807) is 36.4 Å². The van der Waals surface area contributed by atoms with Gasteiger partial charge in [-0.15, -0.1) is 11.3 Å². The maximum absolute atomic E-state index is 12.7. The molecular weight excluding hydrogens is 447 g/mol. The molecule has 4 rings (SSSR count). The Morgan fingerprint density at radius 1 is 1.03 bits per heavy atom. The molecule has 4 aromatic rings. The van der Waals surface area contributed by atoms with Gasteiger partial charge in [0.2, 0.25) is 0 Å². The van der Waals surface area contributed by atoms with E-state index in [1.165, 1.54) is 28.8 Å². The third-order valence-electron chi connectivity index (χ3n) is 4.32. The predicted octanol–water partition coefficient (Wildman–Crippen LogP) is 5.51. The quantitative estimate of drug-likeness (QED) is 0.385. The fraction of sp³-hybridized carbons (Fsp3) is 0.0476. The molecule has 2 aromatic carbocycles. The zero-order valence-electron chi connectivity index (χ0n) is 15.6. The molecule has 0 saturated carbocycles. The number of rotatable bonds is 5. The van der Waals surface area contributed by atoms with Gasteiger partial charge in [-0.05, 0) is 48.2 Å². The molecule has 1 amide bonds. The number of carbonyl (C=O) groups is 1. The van der Waals surface area contributed by atoms with Gasteiger partial charge in [0.05, 0.1) is 11.4 Å². The number of para-hydroxylation sites is 1. The van der Waals surface area contributed by atoms with Gasteiger partial charge in [-0.25, -0.2) is 0 Å². The van der Waals surface area contributed by atoms with Crippen LogP contribution in [0.5, 0.6) is 0 Å². The SMILES string of the molecule is NC(=O)c1sc2c(ccc(=O)n2-c2ccccc2)c1Nc1cccc(SC(F)(F)F)c1. The Kier molecular flexibility index (Phi) is 5.50. The summed E-state index contributed by atoms with van der Waals surface area (Å²) in [5.74, 6) is -0.711. The zero-order valence-corrected chi connectivity index (χ0v) is 17.3. The molecular formula is C21H14F3N3O2S2. The molecule has 0 radical (unpaired) electrons. The first-order chi connectivity index (χ1) is 14.7. The molecule has 10 heteroatoms. The Morgan fingerprint density at radius 2 is 1.77 bits per heavy atom. The summed E-state index contributed by atoms with van der Waals surface area (Å²) in [4.78, 5) is 25.4. The summed E-state index contributed by atoms with van der Waals surface area (Å²) in [7, 11) is 0. The van der Waals surface area contributed by atoms with Gasteiger partial charge in [-0.1, -0.05) is 24.3 Å². The molecule has 0 fully saturated rings. The Balaban J connectivity index is 1.85. The van der Waals surface area contributed by atoms with Crippen molar-refractivity contribution in [3.05, 3.63) is 82.0 Å². The molecule has 31 heavy (non-hydrogen) atoms. The number of nitrogens with zero attached hydrogens (tertiary/aromatic N) is 1. The highest BCUT2D eigenvalue weighted by Gasteiger charge is 2.29. The maximum atomic E-state index is 12.7. The maximum Gasteiger partial charge on any atom is 0.446 e. The van der Waals surface area contributed by atoms with E-state index in [-0.39, 0.29) is 27.1 Å². The number of thiophene rings is 1. The number of carbonyl (C=O) groups excluding carboxylic acids is 1. The van der Waals surface area contributed by atoms with Crippen molar-refractivity contribution in [1.29, 1.82) is 0 Å². The number of amides is 1. The number of alkyl halides is 3. The van der Waals surface area contributed by atoms with E-state index in [2.05, 4.69) is 5.32 Å². The summed E-state index contributed by atoms with van der Waals surface area (Å²) >= 11 is 0.811. The highest BCUT2D eigenvalue weighted by molar-refractivity contribution is 8.00. The number of pyridine rings is 1. The Labute approximate surface area is 182 Å². The van der Waals surface area contributed by atoms with Gasteiger partial charge in [0.1, 0.15) is 9.71 Å². The minimum Gasteiger partial charge on any atom is -0.365 e. The van der Waals surface area contributed by atoms with Crippen LogP contribution in [0.2, 0.25) is 0 Å². The summed E-state index contributed by atoms with van der Waals surface area (Å²) in [5, 5.41) is 3.57. The normalized spacial score (nSPS) is 11.6. The van der Waals surface area contributed by atoms with Crippen LogP contribution in [0.15, 0.2) is 76.4 Å². The van der Waals surface area contributed by atoms with Gasteiger partial charge in [-0.3, -0.25) is 14.2 Å². The minimum absolute atomic E-state index is 0.00106. The number of hydrogen-bond donors (Lipinski definition) is 2. The molecule has 158 valence electrons. The highest BCUT2D eigenvalue weighted by atomic mass is 32.2. The summed E-state index contributed by atoms with van der Waals surface area (Å²) < 4.78 is 39.6. The van der Waals surface area contributed by atoms with Crippen molar-refractivity contribution in [2.45, 2.75) is 10.4 Å². The molecule has 2 heterocycles. The van der Waals surface area contributed by atoms with E-state index >= 15 is 0 Å². The van der Waals surface area contributed by atoms with E-state index in [0.29, 0.717) is 27.3 Å². The highest BCUT2D eigenvalue weighted by Crippen LogP contribution is 2.40. The zero-order chi connectivity index (χ0) is 22.2. The third-order valence-corrected chi connectivity index (χ3v) is 6.24. The first-order valence-corrected chi connectivity index (χ1v) is 10.5. The number of anilines is 2. The number of hydrogen-bond acceptors (Lipinski definition) is 5. The molecule has 0 aliphatic rings. The summed E-state index contributed by atoms with van der Waals surface area (Å²) in [5.41, 5.74) is 2.17. The van der Waals surface area contributed by atoms with Crippen molar-refractivity contribution >= 4 is 50.6 Å². The number of nitrogens with one attached hydrogen (secondary N) is 1. The second-order valence-corrected chi connectivity index (χ2v) is 8.57. The fourth-order valence-corrected chi connectivity index (χ4v) is 4.84. The molecule has 0 bridgehead atoms. The van der Waals surface area contributed by atoms with Crippen molar-refractivity contribution in [2.75, 3.05) is 5.32 Å². The molecule has 0 aliphatic carbocycles. The summed E-state index contributed by atoms with van der Waals surface area (Å²) in [6.07, 6.45) is 0. The van der Waals surface area contributed by atoms with Crippen molar-refractivity contribution in [3.8, 4) is 5.69 Å². The van der Waals surface area contributed by atoms with E-state index in [4.69, 9.17) is 5.73 Å². The van der Waals surface area contributed by atoms with Crippen LogP contribution in [-0.2, 0) is 0 Å². The molecule has 5 nitrogen and oxygen atoms in total. The van der Waals surface area contributed by atoms with Crippen LogP contribution in [-0.4, -0.2) is 16.0 Å². The smallest absolute Gasteiger partial charge is 0.365 e. The lowest BCUT2D eigenvalue weighted by atomic mass is 10.2. The second kappa shape index (κ2) is 8.12. The Hall–Kier alpha value is -3.24. The van der Waals surface area contributed by atoms with Crippen molar-refractivity contribution < 1.29 is 18.0 Å². The van der Waals surface area contributed by atoms with E-state index in [9.17, 15) is 22.8 Å². The monoisotopic (exact) mass is 461 g/mol. The van der Waals surface area contributed by atoms with Crippen molar-refractivity contribution in [3.63, 3.8) is 0 Å². The van der Waals surface area contributed by atoms with Crippen LogP contribution in [0.25, 0.3) is 15.9 Å². The van der Waals surface area contributed by atoms with Gasteiger partial charge in [0.25, 0.3) is 11.5 Å². The molecule has 2 aromatic heterocycles. The Bertz CT molecular complexity index is 1330. The molecule has 0 unspecified atom stereocenters. The van der Waals surface area contributed by atoms with Crippen LogP contribution in [0.3, 0.4) is 0 Å². The first-order valence-electron chi connectivity index (χ1n) is 8.89. The number of thioether (sulfide) groups is 1. The lowest BCUT2D eigenvalue weighted by molar-refractivity contribution is -0.0328. The van der Waals surface area contributed by atoms with E-state index in [0.717, 1.165) is 11.3 Å². The molecule has 0 spiro atoms. The van der Waals surface area contributed by atoms with Crippen molar-refractivity contribution in [1.82, 2.24) is 4.57 Å². The van der Waals surface area contributed by atoms with Gasteiger partial charge >= 0.3 is 5.51 Å². The second-order valence-electron chi connectivity index (χ2n) is 6.43. The molecule has 0 saturated heterocycles. The predicted molar refractivity (Wildman–Crippen MR) is 118 cm³/mol. The number of nitrogens with two attached hydrogens (primary N) is 1. The summed E-state index contributed by atoms with van der Waals surface area (Å²) in [6.45, 7) is 0. The first kappa shape index (κ1) is 21.0. The number of fused-ring (bicyclic) bond motifs is 1. The number of benzene rings is 2. The minimum atomic E-state index is -4.42. The molecule has 0 atom stereocenters. The topological polar surface area (TPSA) is 77.1 Å². The lowest BCUT2D eigenvalue weighted by Crippen LogP contribution is -2.16. The van der Waals surface area contributed by atoms with Crippen LogP contribution < -0.4 is 16.6 Å². The average Bonchev–Trinajstić information content (AvgIpc) is 3.06. The number of aromatic nitrogens is 1. The van der Waals surface area contributed by atoms with Gasteiger partial charge < -0.3 is 11.1 Å². The number of halogens is 3. The van der Waals surface area contributed by atoms with Gasteiger partial charge in [0.15, 0.2) is 0 Å². The van der Waals surface area contributed by atoms with Crippen LogP contribution in [0, 0.1) is 0 Å². The largest absolute Gasteiger partial charge is 0.446 e. The van der Waals surface area contributed by atoms with Crippen LogP contribution >= 0.6 is 23.1 Å². The molecule has 3 N–H and O–H groups in total. The number of primary amides is 1. The van der Waals surface area contributed by atoms with Gasteiger partial charge in [-0.2, -0.15) is 13.2 Å². The van der Waals surface area contributed by atoms with Crippen LogP contribution in [0.1, 0.15) is 9.67 Å². The van der Waals surface area contributed by atoms with Crippen molar-refractivity contribution in [2.24, 2.45) is 5.73 Å². The Morgan fingerprint density at radius 3 is 2.45 bits per heavy atom. The van der Waals surface area contributed by atoms with Gasteiger partial charge in [0, 0.05) is 22.0 Å². The van der Waals surface area contributed by atoms with E-state index in [1.807, 2.05) is 6.07 Å². The lowest BCUT2D eigenvalue weighted by Gasteiger charge is -2.11. The van der Waals surface area contributed by atoms with E-state index < -0.39 is 11.4 Å². The summed E-state index contributed by atoms with van der Waals surface area (Å²) in [6, 6.07) is 17.6. The fourth-order valence-electron chi connectivity index (χ4n) is 3.12. The standard InChI is InChI=1S/C21H14F3N3O2S2/c22-21(23,24)31-14-8-4-5-12(11-14)26-17-15-9-10-16(28)27(13-6-2-1-3-7-13)20(15)30-18(17)19(25)29/h1-11,26H,(H2,25,29). The average molecular weight is 461 g/mol. The van der Waals surface area contributed by atoms with Crippen LogP contribution in [0.4, 0.5) is 24.5 Å². The molecule has 0 aliphatic heterocycles. The third kappa shape index (κ3) is 4.44.